The molecule has 2 rings (SSSR count). The SMILES string of the molecule is CC1(C)C(=O)NCCN1c1ccc(C=O)c(Br)c1. The molecule has 1 heterocycles. The van der Waals surface area contributed by atoms with Gasteiger partial charge in [0.25, 0.3) is 0 Å². The van der Waals surface area contributed by atoms with Gasteiger partial charge in [-0.25, -0.2) is 0 Å². The lowest BCUT2D eigenvalue weighted by molar-refractivity contribution is -0.126. The van der Waals surface area contributed by atoms with Crippen LogP contribution in [0.3, 0.4) is 0 Å². The Bertz CT molecular complexity index is 500. The topological polar surface area (TPSA) is 49.4 Å². The first-order valence-corrected chi connectivity index (χ1v) is 6.57. The fourth-order valence-electron chi connectivity index (χ4n) is 2.13. The van der Waals surface area contributed by atoms with Crippen molar-refractivity contribution in [3.63, 3.8) is 0 Å². The maximum atomic E-state index is 11.9. The molecule has 1 amide bonds. The Balaban J connectivity index is 2.39. The molecule has 0 unspecified atom stereocenters. The van der Waals surface area contributed by atoms with E-state index in [1.807, 2.05) is 30.9 Å². The molecule has 0 spiro atoms. The van der Waals surface area contributed by atoms with E-state index in [1.54, 1.807) is 6.07 Å². The number of aldehydes is 1. The highest BCUT2D eigenvalue weighted by Gasteiger charge is 2.37. The summed E-state index contributed by atoms with van der Waals surface area (Å²) in [4.78, 5) is 24.7. The molecular formula is C13H15BrN2O2. The first-order valence-electron chi connectivity index (χ1n) is 5.77. The Morgan fingerprint density at radius 3 is 2.78 bits per heavy atom. The fourth-order valence-corrected chi connectivity index (χ4v) is 2.59. The molecule has 0 aromatic heterocycles. The minimum absolute atomic E-state index is 0.0179. The van der Waals surface area contributed by atoms with Crippen LogP contribution in [0.25, 0.3) is 0 Å². The lowest BCUT2D eigenvalue weighted by Crippen LogP contribution is -2.62. The predicted molar refractivity (Wildman–Crippen MR) is 74.0 cm³/mol. The van der Waals surface area contributed by atoms with E-state index in [9.17, 15) is 9.59 Å². The number of hydrogen-bond donors (Lipinski definition) is 1. The Kier molecular flexibility index (Phi) is 3.43. The third-order valence-electron chi connectivity index (χ3n) is 3.27. The van der Waals surface area contributed by atoms with E-state index in [1.165, 1.54) is 0 Å². The van der Waals surface area contributed by atoms with Crippen LogP contribution in [0.1, 0.15) is 24.2 Å². The maximum Gasteiger partial charge on any atom is 0.245 e. The first kappa shape index (κ1) is 13.1. The molecule has 0 aliphatic carbocycles. The minimum Gasteiger partial charge on any atom is -0.356 e. The van der Waals surface area contributed by atoms with Crippen LogP contribution < -0.4 is 10.2 Å². The number of hydrogen-bond acceptors (Lipinski definition) is 3. The van der Waals surface area contributed by atoms with E-state index in [4.69, 9.17) is 0 Å². The van der Waals surface area contributed by atoms with Crippen LogP contribution in [0.15, 0.2) is 22.7 Å². The summed E-state index contributed by atoms with van der Waals surface area (Å²) in [6.07, 6.45) is 0.807. The zero-order valence-electron chi connectivity index (χ0n) is 10.4. The quantitative estimate of drug-likeness (QED) is 0.850. The number of anilines is 1. The second kappa shape index (κ2) is 4.72. The van der Waals surface area contributed by atoms with Crippen LogP contribution in [0.4, 0.5) is 5.69 Å². The number of rotatable bonds is 2. The van der Waals surface area contributed by atoms with Gasteiger partial charge in [0.1, 0.15) is 5.54 Å². The highest BCUT2D eigenvalue weighted by Crippen LogP contribution is 2.29. The molecule has 1 aromatic rings. The predicted octanol–water partition coefficient (Wildman–Crippen LogP) is 1.98. The number of nitrogens with zero attached hydrogens (tertiary/aromatic N) is 1. The van der Waals surface area contributed by atoms with Crippen LogP contribution in [0.2, 0.25) is 0 Å². The Labute approximate surface area is 114 Å². The monoisotopic (exact) mass is 310 g/mol. The summed E-state index contributed by atoms with van der Waals surface area (Å²) in [5.41, 5.74) is 0.964. The number of piperazine rings is 1. The molecule has 4 nitrogen and oxygen atoms in total. The van der Waals surface area contributed by atoms with Gasteiger partial charge in [-0.05, 0) is 48.0 Å². The Morgan fingerprint density at radius 2 is 2.17 bits per heavy atom. The molecule has 0 atom stereocenters. The standard InChI is InChI=1S/C13H15BrN2O2/c1-13(2)12(18)15-5-6-16(13)10-4-3-9(8-17)11(14)7-10/h3-4,7-8H,5-6H2,1-2H3,(H,15,18). The van der Waals surface area contributed by atoms with Gasteiger partial charge in [-0.3, -0.25) is 9.59 Å². The van der Waals surface area contributed by atoms with Crippen LogP contribution in [0.5, 0.6) is 0 Å². The van der Waals surface area contributed by atoms with E-state index in [0.717, 1.165) is 23.0 Å². The van der Waals surface area contributed by atoms with Gasteiger partial charge >= 0.3 is 0 Å². The molecule has 0 bridgehead atoms. The summed E-state index contributed by atoms with van der Waals surface area (Å²) >= 11 is 3.37. The van der Waals surface area contributed by atoms with Gasteiger partial charge in [0.05, 0.1) is 0 Å². The highest BCUT2D eigenvalue weighted by molar-refractivity contribution is 9.10. The number of nitrogens with one attached hydrogen (secondary N) is 1. The van der Waals surface area contributed by atoms with E-state index in [-0.39, 0.29) is 5.91 Å². The van der Waals surface area contributed by atoms with Crippen molar-refractivity contribution < 1.29 is 9.59 Å². The summed E-state index contributed by atoms with van der Waals surface area (Å²) in [6.45, 7) is 5.17. The lowest BCUT2D eigenvalue weighted by atomic mass is 9.97. The second-order valence-electron chi connectivity index (χ2n) is 4.79. The third kappa shape index (κ3) is 2.14. The molecule has 1 aliphatic heterocycles. The van der Waals surface area contributed by atoms with Crippen LogP contribution in [-0.4, -0.2) is 30.8 Å². The average Bonchev–Trinajstić information content (AvgIpc) is 2.32. The normalized spacial score (nSPS) is 18.4. The van der Waals surface area contributed by atoms with Crippen molar-refractivity contribution in [2.24, 2.45) is 0 Å². The zero-order chi connectivity index (χ0) is 13.3. The summed E-state index contributed by atoms with van der Waals surface area (Å²) in [6, 6.07) is 5.51. The molecule has 18 heavy (non-hydrogen) atoms. The molecule has 1 fully saturated rings. The van der Waals surface area contributed by atoms with E-state index in [2.05, 4.69) is 21.2 Å². The average molecular weight is 311 g/mol. The zero-order valence-corrected chi connectivity index (χ0v) is 12.0. The van der Waals surface area contributed by atoms with Crippen molar-refractivity contribution in [1.82, 2.24) is 5.32 Å². The van der Waals surface area contributed by atoms with Gasteiger partial charge in [-0.1, -0.05) is 0 Å². The van der Waals surface area contributed by atoms with Crippen molar-refractivity contribution in [2.45, 2.75) is 19.4 Å². The Morgan fingerprint density at radius 1 is 1.44 bits per heavy atom. The smallest absolute Gasteiger partial charge is 0.245 e. The maximum absolute atomic E-state index is 11.9. The number of benzene rings is 1. The van der Waals surface area contributed by atoms with E-state index >= 15 is 0 Å². The molecule has 1 aliphatic rings. The minimum atomic E-state index is -0.583. The fraction of sp³-hybridized carbons (Fsp3) is 0.385. The summed E-state index contributed by atoms with van der Waals surface area (Å²) in [5, 5.41) is 2.86. The third-order valence-corrected chi connectivity index (χ3v) is 3.96. The van der Waals surface area contributed by atoms with Crippen molar-refractivity contribution in [2.75, 3.05) is 18.0 Å². The van der Waals surface area contributed by atoms with E-state index < -0.39 is 5.54 Å². The second-order valence-corrected chi connectivity index (χ2v) is 5.64. The molecule has 0 saturated carbocycles. The molecular weight excluding hydrogens is 296 g/mol. The largest absolute Gasteiger partial charge is 0.356 e. The molecule has 96 valence electrons. The Hall–Kier alpha value is -1.36. The first-order chi connectivity index (χ1) is 8.46. The van der Waals surface area contributed by atoms with E-state index in [0.29, 0.717) is 12.1 Å². The number of amides is 1. The van der Waals surface area contributed by atoms with Gasteiger partial charge in [0.15, 0.2) is 6.29 Å². The highest BCUT2D eigenvalue weighted by atomic mass is 79.9. The van der Waals surface area contributed by atoms with Crippen LogP contribution in [0, 0.1) is 0 Å². The lowest BCUT2D eigenvalue weighted by Gasteiger charge is -2.43. The summed E-state index contributed by atoms with van der Waals surface area (Å²) in [7, 11) is 0. The van der Waals surface area contributed by atoms with Gasteiger partial charge in [0.2, 0.25) is 5.91 Å². The molecule has 1 aromatic carbocycles. The van der Waals surface area contributed by atoms with Crippen molar-refractivity contribution in [3.8, 4) is 0 Å². The van der Waals surface area contributed by atoms with Gasteiger partial charge in [0, 0.05) is 28.8 Å². The molecule has 5 heteroatoms. The van der Waals surface area contributed by atoms with Crippen LogP contribution >= 0.6 is 15.9 Å². The van der Waals surface area contributed by atoms with Gasteiger partial charge < -0.3 is 10.2 Å². The van der Waals surface area contributed by atoms with Gasteiger partial charge in [-0.2, -0.15) is 0 Å². The summed E-state index contributed by atoms with van der Waals surface area (Å²) in [5.74, 6) is 0.0179. The molecule has 0 radical (unpaired) electrons. The molecule has 1 saturated heterocycles. The number of halogens is 1. The van der Waals surface area contributed by atoms with Crippen LogP contribution in [-0.2, 0) is 4.79 Å². The number of carbonyl (C=O) groups is 2. The van der Waals surface area contributed by atoms with Crippen molar-refractivity contribution in [3.05, 3.63) is 28.2 Å². The summed E-state index contributed by atoms with van der Waals surface area (Å²) < 4.78 is 0.747. The number of carbonyl (C=O) groups excluding carboxylic acids is 2. The van der Waals surface area contributed by atoms with Crippen molar-refractivity contribution in [1.29, 1.82) is 0 Å². The molecule has 1 N–H and O–H groups in total. The van der Waals surface area contributed by atoms with Gasteiger partial charge in [-0.15, -0.1) is 0 Å². The van der Waals surface area contributed by atoms with Crippen molar-refractivity contribution >= 4 is 33.8 Å².